The third-order valence-electron chi connectivity index (χ3n) is 9.22. The Morgan fingerprint density at radius 3 is 1.77 bits per heavy atom. The number of rotatable bonds is 11. The van der Waals surface area contributed by atoms with Crippen LogP contribution in [0.5, 0.6) is 0 Å². The van der Waals surface area contributed by atoms with Crippen molar-refractivity contribution in [1.29, 1.82) is 0 Å². The van der Waals surface area contributed by atoms with Gasteiger partial charge in [-0.05, 0) is 99.7 Å². The van der Waals surface area contributed by atoms with Gasteiger partial charge in [0.25, 0.3) is 0 Å². The van der Waals surface area contributed by atoms with Crippen molar-refractivity contribution >= 4 is 0 Å². The van der Waals surface area contributed by atoms with Crippen LogP contribution in [-0.2, 0) is 0 Å². The number of hydrogen-bond donors (Lipinski definition) is 0. The van der Waals surface area contributed by atoms with E-state index in [2.05, 4.69) is 31.7 Å². The lowest BCUT2D eigenvalue weighted by molar-refractivity contribution is 0.140. The standard InChI is InChI=1S/C30H52/c1-3-5-6-7-10-27-17-21-29(22-18-27)30-23-19-28(20-24-30)12-9-8-11-26-15-13-25(4-2)14-16-26/h4,8,11,25-30H,2-3,5-7,9-10,12-24H2,1H3. The van der Waals surface area contributed by atoms with Gasteiger partial charge in [-0.25, -0.2) is 0 Å². The SMILES string of the molecule is C=CC1CCC(C=CCCC2CCC(C3CCC(CCCCCC)CC3)CC2)CC1. The van der Waals surface area contributed by atoms with Crippen molar-refractivity contribution < 1.29 is 0 Å². The topological polar surface area (TPSA) is 0 Å². The molecule has 0 aromatic carbocycles. The van der Waals surface area contributed by atoms with Gasteiger partial charge in [0.05, 0.1) is 0 Å². The highest BCUT2D eigenvalue weighted by molar-refractivity contribution is 4.94. The summed E-state index contributed by atoms with van der Waals surface area (Å²) in [7, 11) is 0. The third-order valence-corrected chi connectivity index (χ3v) is 9.22. The van der Waals surface area contributed by atoms with Gasteiger partial charge in [0.2, 0.25) is 0 Å². The van der Waals surface area contributed by atoms with E-state index in [0.717, 1.165) is 35.5 Å². The molecule has 3 aliphatic rings. The van der Waals surface area contributed by atoms with Crippen LogP contribution in [0.25, 0.3) is 0 Å². The minimum absolute atomic E-state index is 0.797. The Morgan fingerprint density at radius 1 is 0.633 bits per heavy atom. The molecule has 172 valence electrons. The van der Waals surface area contributed by atoms with Crippen LogP contribution in [0.3, 0.4) is 0 Å². The largest absolute Gasteiger partial charge is 0.103 e. The molecule has 0 bridgehead atoms. The van der Waals surface area contributed by atoms with E-state index in [1.165, 1.54) is 83.5 Å². The summed E-state index contributed by atoms with van der Waals surface area (Å²) in [5, 5.41) is 0. The lowest BCUT2D eigenvalue weighted by Gasteiger charge is -2.38. The Bertz CT molecular complexity index is 464. The molecule has 0 heteroatoms. The van der Waals surface area contributed by atoms with Crippen molar-refractivity contribution in [2.75, 3.05) is 0 Å². The van der Waals surface area contributed by atoms with Gasteiger partial charge in [0, 0.05) is 0 Å². The van der Waals surface area contributed by atoms with E-state index in [9.17, 15) is 0 Å². The number of unbranched alkanes of at least 4 members (excludes halogenated alkanes) is 3. The van der Waals surface area contributed by atoms with Crippen molar-refractivity contribution in [3.05, 3.63) is 24.8 Å². The van der Waals surface area contributed by atoms with Crippen LogP contribution < -0.4 is 0 Å². The molecule has 0 aromatic heterocycles. The Labute approximate surface area is 189 Å². The van der Waals surface area contributed by atoms with E-state index in [4.69, 9.17) is 0 Å². The number of allylic oxidation sites excluding steroid dienone is 3. The van der Waals surface area contributed by atoms with Crippen molar-refractivity contribution in [1.82, 2.24) is 0 Å². The molecule has 0 aromatic rings. The average Bonchev–Trinajstić information content (AvgIpc) is 2.81. The monoisotopic (exact) mass is 412 g/mol. The molecule has 0 heterocycles. The van der Waals surface area contributed by atoms with Gasteiger partial charge in [-0.2, -0.15) is 0 Å². The van der Waals surface area contributed by atoms with Gasteiger partial charge < -0.3 is 0 Å². The van der Waals surface area contributed by atoms with Crippen LogP contribution in [-0.4, -0.2) is 0 Å². The van der Waals surface area contributed by atoms with Gasteiger partial charge in [-0.3, -0.25) is 0 Å². The van der Waals surface area contributed by atoms with Crippen LogP contribution in [0.4, 0.5) is 0 Å². The summed E-state index contributed by atoms with van der Waals surface area (Å²) in [6, 6.07) is 0. The maximum atomic E-state index is 3.97. The molecule has 0 spiro atoms. The van der Waals surface area contributed by atoms with E-state index in [1.807, 2.05) is 0 Å². The summed E-state index contributed by atoms with van der Waals surface area (Å²) in [6.07, 6.45) is 35.3. The predicted molar refractivity (Wildman–Crippen MR) is 134 cm³/mol. The minimum Gasteiger partial charge on any atom is -0.103 e. The Hall–Kier alpha value is -0.520. The zero-order valence-corrected chi connectivity index (χ0v) is 20.3. The van der Waals surface area contributed by atoms with Gasteiger partial charge in [-0.15, -0.1) is 6.58 Å². The minimum atomic E-state index is 0.797. The molecule has 3 fully saturated rings. The second kappa shape index (κ2) is 13.8. The second-order valence-electron chi connectivity index (χ2n) is 11.3. The summed E-state index contributed by atoms with van der Waals surface area (Å²) in [4.78, 5) is 0. The predicted octanol–water partition coefficient (Wildman–Crippen LogP) is 9.90. The first-order chi connectivity index (χ1) is 14.8. The van der Waals surface area contributed by atoms with E-state index < -0.39 is 0 Å². The van der Waals surface area contributed by atoms with E-state index in [0.29, 0.717) is 0 Å². The maximum Gasteiger partial charge on any atom is -0.0233 e. The maximum absolute atomic E-state index is 3.97. The van der Waals surface area contributed by atoms with E-state index >= 15 is 0 Å². The molecule has 3 saturated carbocycles. The zero-order valence-electron chi connectivity index (χ0n) is 20.3. The molecule has 0 atom stereocenters. The molecule has 0 radical (unpaired) electrons. The van der Waals surface area contributed by atoms with Gasteiger partial charge in [0.1, 0.15) is 0 Å². The Morgan fingerprint density at radius 2 is 1.20 bits per heavy atom. The van der Waals surface area contributed by atoms with Gasteiger partial charge >= 0.3 is 0 Å². The molecule has 0 unspecified atom stereocenters. The summed E-state index contributed by atoms with van der Waals surface area (Å²) >= 11 is 0. The molecule has 0 aliphatic heterocycles. The highest BCUT2D eigenvalue weighted by Crippen LogP contribution is 2.43. The zero-order chi connectivity index (χ0) is 21.0. The summed E-state index contributed by atoms with van der Waals surface area (Å²) in [5.41, 5.74) is 0. The van der Waals surface area contributed by atoms with Crippen molar-refractivity contribution in [3.8, 4) is 0 Å². The first-order valence-electron chi connectivity index (χ1n) is 14.1. The molecule has 3 rings (SSSR count). The van der Waals surface area contributed by atoms with Crippen LogP contribution >= 0.6 is 0 Å². The van der Waals surface area contributed by atoms with E-state index in [-0.39, 0.29) is 0 Å². The highest BCUT2D eigenvalue weighted by atomic mass is 14.4. The van der Waals surface area contributed by atoms with Gasteiger partial charge in [0.15, 0.2) is 0 Å². The normalized spacial score (nSPS) is 35.5. The fraction of sp³-hybridized carbons (Fsp3) is 0.867. The molecule has 0 amide bonds. The lowest BCUT2D eigenvalue weighted by Crippen LogP contribution is -2.25. The molecule has 0 saturated heterocycles. The summed E-state index contributed by atoms with van der Waals surface area (Å²) in [5.74, 6) is 5.93. The van der Waals surface area contributed by atoms with Crippen molar-refractivity contribution in [2.45, 2.75) is 129 Å². The van der Waals surface area contributed by atoms with Crippen molar-refractivity contribution in [3.63, 3.8) is 0 Å². The molecule has 3 aliphatic carbocycles. The average molecular weight is 413 g/mol. The molecule has 0 nitrogen and oxygen atoms in total. The quantitative estimate of drug-likeness (QED) is 0.234. The fourth-order valence-electron chi connectivity index (χ4n) is 6.95. The van der Waals surface area contributed by atoms with Crippen LogP contribution in [0, 0.1) is 35.5 Å². The first kappa shape index (κ1) is 24.1. The number of hydrogen-bond acceptors (Lipinski definition) is 0. The van der Waals surface area contributed by atoms with Crippen LogP contribution in [0.2, 0.25) is 0 Å². The first-order valence-corrected chi connectivity index (χ1v) is 14.1. The van der Waals surface area contributed by atoms with Crippen LogP contribution in [0.1, 0.15) is 129 Å². The molecule has 0 N–H and O–H groups in total. The molecular weight excluding hydrogens is 360 g/mol. The summed E-state index contributed by atoms with van der Waals surface area (Å²) in [6.45, 7) is 6.30. The summed E-state index contributed by atoms with van der Waals surface area (Å²) < 4.78 is 0. The smallest absolute Gasteiger partial charge is 0.0233 e. The Kier molecular flexibility index (Phi) is 11.1. The highest BCUT2D eigenvalue weighted by Gasteiger charge is 2.30. The van der Waals surface area contributed by atoms with E-state index in [1.54, 1.807) is 38.5 Å². The van der Waals surface area contributed by atoms with Gasteiger partial charge in [-0.1, -0.05) is 82.9 Å². The fourth-order valence-corrected chi connectivity index (χ4v) is 6.95. The molecular formula is C30H52. The van der Waals surface area contributed by atoms with Crippen LogP contribution in [0.15, 0.2) is 24.8 Å². The Balaban J connectivity index is 1.23. The van der Waals surface area contributed by atoms with Crippen molar-refractivity contribution in [2.24, 2.45) is 35.5 Å². The molecule has 30 heavy (non-hydrogen) atoms. The third kappa shape index (κ3) is 8.20. The second-order valence-corrected chi connectivity index (χ2v) is 11.3. The lowest BCUT2D eigenvalue weighted by atomic mass is 9.68.